The second-order valence-corrected chi connectivity index (χ2v) is 5.72. The number of hydrogen-bond donors (Lipinski definition) is 3. The highest BCUT2D eigenvalue weighted by molar-refractivity contribution is 5.94. The van der Waals surface area contributed by atoms with Crippen LogP contribution in [0.25, 0.3) is 0 Å². The molecular weight excluding hydrogens is 290 g/mol. The highest BCUT2D eigenvalue weighted by Gasteiger charge is 2.20. The van der Waals surface area contributed by atoms with Crippen molar-refractivity contribution in [3.8, 4) is 0 Å². The highest BCUT2D eigenvalue weighted by atomic mass is 35.5. The number of hydrogen-bond acceptors (Lipinski definition) is 3. The Kier molecular flexibility index (Phi) is 5.42. The topological polar surface area (TPSA) is 74.0 Å². The van der Waals surface area contributed by atoms with Gasteiger partial charge in [-0.2, -0.15) is 0 Å². The van der Waals surface area contributed by atoms with Crippen molar-refractivity contribution in [1.82, 2.24) is 15.6 Å². The molecule has 0 radical (unpaired) electrons. The third-order valence-corrected chi connectivity index (χ3v) is 4.26. The monoisotopic (exact) mass is 311 g/mol. The largest absolute Gasteiger partial charge is 0.349 e. The van der Waals surface area contributed by atoms with Gasteiger partial charge in [0.25, 0.3) is 11.5 Å². The van der Waals surface area contributed by atoms with Crippen molar-refractivity contribution < 1.29 is 4.79 Å². The number of halogens is 1. The minimum absolute atomic E-state index is 0. The molecule has 0 aromatic carbocycles. The number of pyridine rings is 1. The number of H-pyrrole nitrogens is 1. The molecule has 116 valence electrons. The predicted molar refractivity (Wildman–Crippen MR) is 84.3 cm³/mol. The number of carbonyl (C=O) groups excluding carboxylic acids is 1. The lowest BCUT2D eigenvalue weighted by atomic mass is 9.95. The van der Waals surface area contributed by atoms with Gasteiger partial charge in [0.2, 0.25) is 0 Å². The Morgan fingerprint density at radius 1 is 1.19 bits per heavy atom. The third-order valence-electron chi connectivity index (χ3n) is 4.26. The molecule has 5 nitrogen and oxygen atoms in total. The van der Waals surface area contributed by atoms with Crippen LogP contribution >= 0.6 is 12.4 Å². The summed E-state index contributed by atoms with van der Waals surface area (Å²) < 4.78 is 0. The highest BCUT2D eigenvalue weighted by Crippen LogP contribution is 2.18. The summed E-state index contributed by atoms with van der Waals surface area (Å²) in [6, 6.07) is 1.98. The number of aryl methyl sites for hydroxylation is 2. The summed E-state index contributed by atoms with van der Waals surface area (Å²) in [6.07, 6.45) is 5.97. The van der Waals surface area contributed by atoms with E-state index in [1.807, 2.05) is 0 Å². The Morgan fingerprint density at radius 3 is 2.67 bits per heavy atom. The maximum atomic E-state index is 12.3. The van der Waals surface area contributed by atoms with E-state index in [0.717, 1.165) is 62.9 Å². The molecule has 0 saturated carbocycles. The molecule has 21 heavy (non-hydrogen) atoms. The second-order valence-electron chi connectivity index (χ2n) is 5.72. The zero-order valence-corrected chi connectivity index (χ0v) is 12.9. The van der Waals surface area contributed by atoms with Crippen molar-refractivity contribution in [1.29, 1.82) is 0 Å². The first kappa shape index (κ1) is 16.0. The fraction of sp³-hybridized carbons (Fsp3) is 0.600. The van der Waals surface area contributed by atoms with E-state index < -0.39 is 0 Å². The smallest absolute Gasteiger partial charge is 0.261 e. The molecule has 1 saturated heterocycles. The van der Waals surface area contributed by atoms with Crippen LogP contribution in [0.1, 0.15) is 47.3 Å². The van der Waals surface area contributed by atoms with E-state index in [-0.39, 0.29) is 35.5 Å². The van der Waals surface area contributed by atoms with Crippen molar-refractivity contribution in [2.75, 3.05) is 13.1 Å². The molecule has 0 atom stereocenters. The first-order valence-corrected chi connectivity index (χ1v) is 7.50. The molecule has 1 aromatic heterocycles. The molecule has 6 heteroatoms. The molecule has 1 fully saturated rings. The van der Waals surface area contributed by atoms with Gasteiger partial charge in [0.05, 0.1) is 0 Å². The van der Waals surface area contributed by atoms with Crippen LogP contribution in [0.5, 0.6) is 0 Å². The van der Waals surface area contributed by atoms with Crippen LogP contribution in [0.4, 0.5) is 0 Å². The maximum absolute atomic E-state index is 12.3. The molecule has 3 rings (SSSR count). The van der Waals surface area contributed by atoms with E-state index >= 15 is 0 Å². The molecule has 2 aliphatic rings. The van der Waals surface area contributed by atoms with Crippen molar-refractivity contribution in [2.24, 2.45) is 0 Å². The number of nitrogens with one attached hydrogen (secondary N) is 3. The summed E-state index contributed by atoms with van der Waals surface area (Å²) >= 11 is 0. The van der Waals surface area contributed by atoms with E-state index in [1.54, 1.807) is 6.07 Å². The fourth-order valence-corrected chi connectivity index (χ4v) is 3.07. The fourth-order valence-electron chi connectivity index (χ4n) is 3.07. The zero-order valence-electron chi connectivity index (χ0n) is 12.0. The lowest BCUT2D eigenvalue weighted by Gasteiger charge is -2.24. The molecule has 2 heterocycles. The van der Waals surface area contributed by atoms with Gasteiger partial charge in [-0.3, -0.25) is 9.59 Å². The summed E-state index contributed by atoms with van der Waals surface area (Å²) in [5.74, 6) is -0.230. The number of aromatic nitrogens is 1. The summed E-state index contributed by atoms with van der Waals surface area (Å²) in [4.78, 5) is 27.2. The second kappa shape index (κ2) is 7.09. The molecule has 1 aliphatic heterocycles. The molecule has 0 bridgehead atoms. The van der Waals surface area contributed by atoms with Gasteiger partial charge in [-0.25, -0.2) is 0 Å². The van der Waals surface area contributed by atoms with Gasteiger partial charge in [-0.1, -0.05) is 0 Å². The van der Waals surface area contributed by atoms with Crippen molar-refractivity contribution in [2.45, 2.75) is 44.6 Å². The molecular formula is C15H22ClN3O2. The van der Waals surface area contributed by atoms with Crippen LogP contribution in [0.2, 0.25) is 0 Å². The minimum Gasteiger partial charge on any atom is -0.349 e. The predicted octanol–water partition coefficient (Wildman–Crippen LogP) is 1.16. The quantitative estimate of drug-likeness (QED) is 0.767. The van der Waals surface area contributed by atoms with E-state index in [2.05, 4.69) is 15.6 Å². The standard InChI is InChI=1S/C15H21N3O2.ClH/c19-14(17-11-5-7-16-8-6-11)12-9-10-3-1-2-4-13(10)18-15(12)20;/h9,11,16H,1-8H2,(H,17,19)(H,18,20);1H. The van der Waals surface area contributed by atoms with E-state index in [4.69, 9.17) is 0 Å². The lowest BCUT2D eigenvalue weighted by molar-refractivity contribution is 0.0928. The lowest BCUT2D eigenvalue weighted by Crippen LogP contribution is -2.44. The number of piperidine rings is 1. The molecule has 1 amide bonds. The van der Waals surface area contributed by atoms with Crippen LogP contribution in [0.3, 0.4) is 0 Å². The third kappa shape index (κ3) is 3.66. The Labute approximate surface area is 130 Å². The first-order chi connectivity index (χ1) is 9.74. The summed E-state index contributed by atoms with van der Waals surface area (Å²) in [6.45, 7) is 1.84. The molecule has 3 N–H and O–H groups in total. The van der Waals surface area contributed by atoms with Gasteiger partial charge in [0.15, 0.2) is 0 Å². The summed E-state index contributed by atoms with van der Waals surface area (Å²) in [5, 5.41) is 6.24. The average Bonchev–Trinajstić information content (AvgIpc) is 2.47. The normalized spacial score (nSPS) is 18.5. The average molecular weight is 312 g/mol. The zero-order chi connectivity index (χ0) is 13.9. The van der Waals surface area contributed by atoms with Crippen molar-refractivity contribution in [3.05, 3.63) is 33.2 Å². The number of fused-ring (bicyclic) bond motifs is 1. The van der Waals surface area contributed by atoms with Gasteiger partial charge < -0.3 is 15.6 Å². The maximum Gasteiger partial charge on any atom is 0.261 e. The number of rotatable bonds is 2. The Hall–Kier alpha value is -1.33. The number of carbonyl (C=O) groups is 1. The van der Waals surface area contributed by atoms with E-state index in [0.29, 0.717) is 0 Å². The Balaban J connectivity index is 0.00000161. The van der Waals surface area contributed by atoms with Crippen LogP contribution in [-0.2, 0) is 12.8 Å². The first-order valence-electron chi connectivity index (χ1n) is 7.50. The summed E-state index contributed by atoms with van der Waals surface area (Å²) in [5.41, 5.74) is 2.16. The van der Waals surface area contributed by atoms with Gasteiger partial charge in [0.1, 0.15) is 5.56 Å². The van der Waals surface area contributed by atoms with E-state index in [9.17, 15) is 9.59 Å². The molecule has 0 unspecified atom stereocenters. The van der Waals surface area contributed by atoms with Gasteiger partial charge in [-0.15, -0.1) is 12.4 Å². The van der Waals surface area contributed by atoms with Crippen LogP contribution in [0, 0.1) is 0 Å². The molecule has 1 aliphatic carbocycles. The van der Waals surface area contributed by atoms with Crippen molar-refractivity contribution in [3.63, 3.8) is 0 Å². The van der Waals surface area contributed by atoms with Crippen molar-refractivity contribution >= 4 is 18.3 Å². The Bertz CT molecular complexity index is 565. The minimum atomic E-state index is -0.253. The summed E-state index contributed by atoms with van der Waals surface area (Å²) in [7, 11) is 0. The van der Waals surface area contributed by atoms with Crippen LogP contribution < -0.4 is 16.2 Å². The van der Waals surface area contributed by atoms with Crippen LogP contribution in [0.15, 0.2) is 10.9 Å². The Morgan fingerprint density at radius 2 is 1.90 bits per heavy atom. The van der Waals surface area contributed by atoms with Gasteiger partial charge in [-0.05, 0) is 63.2 Å². The van der Waals surface area contributed by atoms with E-state index in [1.165, 1.54) is 0 Å². The molecule has 1 aromatic rings. The molecule has 0 spiro atoms. The number of amides is 1. The van der Waals surface area contributed by atoms with Gasteiger partial charge in [0, 0.05) is 11.7 Å². The number of aromatic amines is 1. The SMILES string of the molecule is Cl.O=C(NC1CCNCC1)c1cc2c([nH]c1=O)CCCC2. The van der Waals surface area contributed by atoms with Crippen LogP contribution in [-0.4, -0.2) is 30.0 Å². The van der Waals surface area contributed by atoms with Gasteiger partial charge >= 0.3 is 0 Å².